The minimum atomic E-state index is -4.41. The van der Waals surface area contributed by atoms with Crippen LogP contribution in [0.3, 0.4) is 0 Å². The molecule has 0 unspecified atom stereocenters. The van der Waals surface area contributed by atoms with Gasteiger partial charge in [0, 0.05) is 12.4 Å². The van der Waals surface area contributed by atoms with E-state index in [1.807, 2.05) is 41.9 Å². The summed E-state index contributed by atoms with van der Waals surface area (Å²) in [7, 11) is 0. The molecule has 0 saturated carbocycles. The molecule has 0 aliphatic rings. The molecule has 0 fully saturated rings. The molecule has 0 bridgehead atoms. The zero-order valence-corrected chi connectivity index (χ0v) is 13.5. The molecule has 4 nitrogen and oxygen atoms in total. The van der Waals surface area contributed by atoms with Gasteiger partial charge in [-0.1, -0.05) is 23.9 Å². The third kappa shape index (κ3) is 5.02. The Morgan fingerprint density at radius 2 is 2.09 bits per heavy atom. The highest BCUT2D eigenvalue weighted by atomic mass is 32.2. The lowest BCUT2D eigenvalue weighted by atomic mass is 10.1. The quantitative estimate of drug-likeness (QED) is 0.848. The van der Waals surface area contributed by atoms with Crippen LogP contribution in [-0.4, -0.2) is 33.9 Å². The maximum absolute atomic E-state index is 12.1. The van der Waals surface area contributed by atoms with Crippen molar-refractivity contribution in [2.24, 2.45) is 0 Å². The van der Waals surface area contributed by atoms with Crippen molar-refractivity contribution >= 4 is 17.7 Å². The topological polar surface area (TPSA) is 46.9 Å². The number of halogens is 3. The Bertz CT molecular complexity index is 698. The molecular weight excluding hydrogens is 327 g/mol. The number of carbonyl (C=O) groups excluding carboxylic acids is 1. The first-order valence-electron chi connectivity index (χ1n) is 6.83. The normalized spacial score (nSPS) is 11.5. The molecule has 1 aromatic heterocycles. The number of nitrogens with zero attached hydrogens (tertiary/aromatic N) is 2. The van der Waals surface area contributed by atoms with Crippen molar-refractivity contribution in [1.82, 2.24) is 14.9 Å². The lowest BCUT2D eigenvalue weighted by Crippen LogP contribution is -2.34. The predicted molar refractivity (Wildman–Crippen MR) is 82.8 cm³/mol. The number of alkyl halides is 3. The fourth-order valence-electron chi connectivity index (χ4n) is 1.94. The molecule has 124 valence electrons. The number of aryl methyl sites for hydroxylation is 2. The van der Waals surface area contributed by atoms with Gasteiger partial charge >= 0.3 is 6.18 Å². The first-order chi connectivity index (χ1) is 10.8. The van der Waals surface area contributed by atoms with E-state index in [9.17, 15) is 18.0 Å². The summed E-state index contributed by atoms with van der Waals surface area (Å²) in [5.41, 5.74) is 3.05. The molecule has 1 N–H and O–H groups in total. The first-order valence-corrected chi connectivity index (χ1v) is 7.82. The monoisotopic (exact) mass is 343 g/mol. The Labute approximate surface area is 136 Å². The van der Waals surface area contributed by atoms with Gasteiger partial charge in [-0.15, -0.1) is 0 Å². The summed E-state index contributed by atoms with van der Waals surface area (Å²) in [6, 6.07) is 5.97. The van der Waals surface area contributed by atoms with Crippen LogP contribution in [0, 0.1) is 13.8 Å². The third-order valence-electron chi connectivity index (χ3n) is 3.05. The molecule has 0 spiro atoms. The van der Waals surface area contributed by atoms with Crippen LogP contribution in [0.4, 0.5) is 13.2 Å². The number of imidazole rings is 1. The van der Waals surface area contributed by atoms with Crippen molar-refractivity contribution in [3.63, 3.8) is 0 Å². The van der Waals surface area contributed by atoms with E-state index in [-0.39, 0.29) is 5.75 Å². The Balaban J connectivity index is 2.04. The van der Waals surface area contributed by atoms with Crippen molar-refractivity contribution in [3.05, 3.63) is 41.7 Å². The van der Waals surface area contributed by atoms with Crippen LogP contribution >= 0.6 is 11.8 Å². The molecule has 0 atom stereocenters. The molecule has 0 radical (unpaired) electrons. The maximum atomic E-state index is 12.1. The smallest absolute Gasteiger partial charge is 0.346 e. The van der Waals surface area contributed by atoms with Crippen LogP contribution < -0.4 is 5.32 Å². The van der Waals surface area contributed by atoms with E-state index < -0.39 is 18.6 Å². The Kier molecular flexibility index (Phi) is 5.35. The van der Waals surface area contributed by atoms with Gasteiger partial charge in [-0.25, -0.2) is 4.98 Å². The van der Waals surface area contributed by atoms with E-state index in [0.29, 0.717) is 5.16 Å². The maximum Gasteiger partial charge on any atom is 0.405 e. The van der Waals surface area contributed by atoms with Gasteiger partial charge in [0.2, 0.25) is 5.91 Å². The minimum Gasteiger partial charge on any atom is -0.346 e. The summed E-state index contributed by atoms with van der Waals surface area (Å²) in [5, 5.41) is 2.40. The summed E-state index contributed by atoms with van der Waals surface area (Å²) < 4.78 is 38.0. The van der Waals surface area contributed by atoms with E-state index in [1.54, 1.807) is 12.4 Å². The summed E-state index contributed by atoms with van der Waals surface area (Å²) in [6.45, 7) is 2.61. The molecule has 0 aliphatic heterocycles. The molecule has 23 heavy (non-hydrogen) atoms. The number of hydrogen-bond acceptors (Lipinski definition) is 3. The van der Waals surface area contributed by atoms with Gasteiger partial charge in [-0.05, 0) is 31.0 Å². The molecule has 2 rings (SSSR count). The number of benzene rings is 1. The average molecular weight is 343 g/mol. The Hall–Kier alpha value is -1.96. The minimum absolute atomic E-state index is 0.127. The predicted octanol–water partition coefficient (Wildman–Crippen LogP) is 3.26. The summed E-state index contributed by atoms with van der Waals surface area (Å²) in [5.74, 6) is -0.805. The fourth-order valence-corrected chi connectivity index (χ4v) is 2.73. The van der Waals surface area contributed by atoms with Gasteiger partial charge in [-0.2, -0.15) is 13.2 Å². The highest BCUT2D eigenvalue weighted by molar-refractivity contribution is 7.99. The van der Waals surface area contributed by atoms with Gasteiger partial charge in [0.1, 0.15) is 6.54 Å². The summed E-state index contributed by atoms with van der Waals surface area (Å²) >= 11 is 1.09. The van der Waals surface area contributed by atoms with Gasteiger partial charge < -0.3 is 5.32 Å². The Morgan fingerprint density at radius 1 is 1.35 bits per heavy atom. The molecule has 2 aromatic rings. The number of carbonyl (C=O) groups is 1. The number of amides is 1. The third-order valence-corrected chi connectivity index (χ3v) is 4.02. The van der Waals surface area contributed by atoms with Crippen molar-refractivity contribution in [2.45, 2.75) is 25.2 Å². The summed E-state index contributed by atoms with van der Waals surface area (Å²) in [4.78, 5) is 15.7. The van der Waals surface area contributed by atoms with Crippen LogP contribution in [0.2, 0.25) is 0 Å². The molecule has 0 aliphatic carbocycles. The average Bonchev–Trinajstić information content (AvgIpc) is 2.93. The molecule has 1 heterocycles. The standard InChI is InChI=1S/C15H16F3N3OS/c1-10-3-4-11(2)12(7-10)21-6-5-19-14(21)23-8-13(22)20-9-15(16,17)18/h3-7H,8-9H2,1-2H3,(H,20,22). The lowest BCUT2D eigenvalue weighted by molar-refractivity contribution is -0.136. The highest BCUT2D eigenvalue weighted by Gasteiger charge is 2.27. The first kappa shape index (κ1) is 17.4. The van der Waals surface area contributed by atoms with Gasteiger partial charge in [-0.3, -0.25) is 9.36 Å². The van der Waals surface area contributed by atoms with E-state index in [2.05, 4.69) is 4.98 Å². The van der Waals surface area contributed by atoms with Crippen molar-refractivity contribution in [3.8, 4) is 5.69 Å². The number of hydrogen-bond donors (Lipinski definition) is 1. The van der Waals surface area contributed by atoms with Crippen molar-refractivity contribution in [2.75, 3.05) is 12.3 Å². The second kappa shape index (κ2) is 7.08. The van der Waals surface area contributed by atoms with E-state index in [4.69, 9.17) is 0 Å². The van der Waals surface area contributed by atoms with E-state index in [1.165, 1.54) is 0 Å². The van der Waals surface area contributed by atoms with Crippen LogP contribution in [-0.2, 0) is 4.79 Å². The zero-order valence-electron chi connectivity index (χ0n) is 12.6. The van der Waals surface area contributed by atoms with Crippen molar-refractivity contribution in [1.29, 1.82) is 0 Å². The van der Waals surface area contributed by atoms with Crippen LogP contribution in [0.15, 0.2) is 35.7 Å². The van der Waals surface area contributed by atoms with E-state index in [0.717, 1.165) is 28.6 Å². The van der Waals surface area contributed by atoms with Gasteiger partial charge in [0.25, 0.3) is 0 Å². The van der Waals surface area contributed by atoms with Crippen LogP contribution in [0.25, 0.3) is 5.69 Å². The lowest BCUT2D eigenvalue weighted by Gasteiger charge is -2.12. The summed E-state index contributed by atoms with van der Waals surface area (Å²) in [6.07, 6.45) is -1.05. The van der Waals surface area contributed by atoms with Gasteiger partial charge in [0.15, 0.2) is 5.16 Å². The Morgan fingerprint density at radius 3 is 2.78 bits per heavy atom. The largest absolute Gasteiger partial charge is 0.405 e. The number of aromatic nitrogens is 2. The molecule has 8 heteroatoms. The van der Waals surface area contributed by atoms with Crippen molar-refractivity contribution < 1.29 is 18.0 Å². The number of nitrogens with one attached hydrogen (secondary N) is 1. The molecule has 1 amide bonds. The van der Waals surface area contributed by atoms with Crippen LogP contribution in [0.1, 0.15) is 11.1 Å². The molecule has 1 aromatic carbocycles. The number of rotatable bonds is 5. The SMILES string of the molecule is Cc1ccc(C)c(-n2ccnc2SCC(=O)NCC(F)(F)F)c1. The highest BCUT2D eigenvalue weighted by Crippen LogP contribution is 2.23. The number of thioether (sulfide) groups is 1. The van der Waals surface area contributed by atoms with Gasteiger partial charge in [0.05, 0.1) is 11.4 Å². The van der Waals surface area contributed by atoms with E-state index >= 15 is 0 Å². The fraction of sp³-hybridized carbons (Fsp3) is 0.333. The second-order valence-electron chi connectivity index (χ2n) is 5.05. The molecular formula is C15H16F3N3OS. The van der Waals surface area contributed by atoms with Crippen LogP contribution in [0.5, 0.6) is 0 Å². The zero-order chi connectivity index (χ0) is 17.0. The molecule has 0 saturated heterocycles. The second-order valence-corrected chi connectivity index (χ2v) is 5.99.